The number of amides is 2. The number of fused-ring (bicyclic) bond motifs is 1. The van der Waals surface area contributed by atoms with Crippen molar-refractivity contribution in [3.63, 3.8) is 0 Å². The van der Waals surface area contributed by atoms with Gasteiger partial charge in [-0.3, -0.25) is 0 Å². The van der Waals surface area contributed by atoms with E-state index < -0.39 is 0 Å². The third kappa shape index (κ3) is 3.84. The molecule has 1 atom stereocenters. The smallest absolute Gasteiger partial charge is 0.322 e. The van der Waals surface area contributed by atoms with Gasteiger partial charge in [0.1, 0.15) is 17.4 Å². The van der Waals surface area contributed by atoms with Gasteiger partial charge >= 0.3 is 6.03 Å². The molecular formula is C26H24FN3O2. The maximum atomic E-state index is 13.6. The van der Waals surface area contributed by atoms with E-state index in [1.807, 2.05) is 48.5 Å². The van der Waals surface area contributed by atoms with Crippen molar-refractivity contribution in [3.05, 3.63) is 84.0 Å². The van der Waals surface area contributed by atoms with Crippen molar-refractivity contribution in [2.75, 3.05) is 11.9 Å². The molecule has 3 aromatic carbocycles. The summed E-state index contributed by atoms with van der Waals surface area (Å²) in [5.41, 5.74) is 4.95. The fourth-order valence-electron chi connectivity index (χ4n) is 4.34. The predicted molar refractivity (Wildman–Crippen MR) is 123 cm³/mol. The van der Waals surface area contributed by atoms with Gasteiger partial charge in [0.2, 0.25) is 5.89 Å². The summed E-state index contributed by atoms with van der Waals surface area (Å²) in [6.07, 6.45) is 2.53. The second-order valence-electron chi connectivity index (χ2n) is 8.04. The number of para-hydroxylation sites is 1. The number of nitrogens with zero attached hydrogens (tertiary/aromatic N) is 2. The average Bonchev–Trinajstić information content (AvgIpc) is 3.46. The second kappa shape index (κ2) is 8.46. The normalized spacial score (nSPS) is 15.9. The molecule has 0 radical (unpaired) electrons. The molecule has 2 amide bonds. The largest absolute Gasteiger partial charge is 0.438 e. The van der Waals surface area contributed by atoms with Crippen molar-refractivity contribution >= 4 is 22.8 Å². The average molecular weight is 429 g/mol. The summed E-state index contributed by atoms with van der Waals surface area (Å²) in [5, 5.41) is 3.05. The number of carbonyl (C=O) groups excluding carboxylic acids is 1. The molecule has 1 saturated heterocycles. The van der Waals surface area contributed by atoms with Gasteiger partial charge in [-0.05, 0) is 66.3 Å². The van der Waals surface area contributed by atoms with Crippen LogP contribution in [0.4, 0.5) is 14.9 Å². The van der Waals surface area contributed by atoms with Crippen LogP contribution in [0.1, 0.15) is 37.3 Å². The van der Waals surface area contributed by atoms with Crippen LogP contribution in [0.2, 0.25) is 0 Å². The summed E-state index contributed by atoms with van der Waals surface area (Å²) in [4.78, 5) is 19.6. The number of rotatable bonds is 4. The Bertz CT molecular complexity index is 1280. The first-order valence-electron chi connectivity index (χ1n) is 10.9. The number of carbonyl (C=O) groups is 1. The van der Waals surface area contributed by atoms with E-state index in [4.69, 9.17) is 9.40 Å². The van der Waals surface area contributed by atoms with Crippen LogP contribution >= 0.6 is 0 Å². The molecule has 1 aliphatic rings. The van der Waals surface area contributed by atoms with Crippen molar-refractivity contribution in [2.45, 2.75) is 32.2 Å². The Labute approximate surface area is 185 Å². The number of aryl methyl sites for hydroxylation is 1. The van der Waals surface area contributed by atoms with E-state index in [-0.39, 0.29) is 17.9 Å². The first kappa shape index (κ1) is 20.2. The van der Waals surface area contributed by atoms with E-state index in [1.165, 1.54) is 12.1 Å². The lowest BCUT2D eigenvalue weighted by Crippen LogP contribution is -2.34. The Hall–Kier alpha value is -3.67. The lowest BCUT2D eigenvalue weighted by atomic mass is 10.1. The van der Waals surface area contributed by atoms with Gasteiger partial charge in [0.25, 0.3) is 0 Å². The fourth-order valence-corrected chi connectivity index (χ4v) is 4.34. The summed E-state index contributed by atoms with van der Waals surface area (Å²) < 4.78 is 19.7. The van der Waals surface area contributed by atoms with Crippen LogP contribution in [-0.2, 0) is 6.42 Å². The van der Waals surface area contributed by atoms with Crippen LogP contribution in [0.25, 0.3) is 22.2 Å². The Morgan fingerprint density at radius 2 is 1.97 bits per heavy atom. The maximum Gasteiger partial charge on any atom is 0.322 e. The van der Waals surface area contributed by atoms with E-state index in [9.17, 15) is 9.18 Å². The molecule has 1 N–H and O–H groups in total. The van der Waals surface area contributed by atoms with E-state index in [2.05, 4.69) is 12.2 Å². The van der Waals surface area contributed by atoms with Crippen molar-refractivity contribution in [1.82, 2.24) is 9.88 Å². The zero-order valence-corrected chi connectivity index (χ0v) is 17.8. The highest BCUT2D eigenvalue weighted by molar-refractivity contribution is 5.90. The number of benzene rings is 3. The van der Waals surface area contributed by atoms with Crippen LogP contribution in [0.3, 0.4) is 0 Å². The van der Waals surface area contributed by atoms with Gasteiger partial charge in [-0.1, -0.05) is 43.3 Å². The monoisotopic (exact) mass is 429 g/mol. The third-order valence-corrected chi connectivity index (χ3v) is 6.00. The summed E-state index contributed by atoms with van der Waals surface area (Å²) in [6, 6.07) is 19.6. The molecule has 5 nitrogen and oxygen atoms in total. The molecule has 0 bridgehead atoms. The first-order chi connectivity index (χ1) is 15.6. The van der Waals surface area contributed by atoms with Crippen LogP contribution < -0.4 is 5.32 Å². The van der Waals surface area contributed by atoms with Crippen LogP contribution in [-0.4, -0.2) is 22.5 Å². The zero-order valence-electron chi connectivity index (χ0n) is 17.8. The summed E-state index contributed by atoms with van der Waals surface area (Å²) >= 11 is 0. The summed E-state index contributed by atoms with van der Waals surface area (Å²) in [5.74, 6) is 0.258. The number of halogens is 1. The number of nitrogens with one attached hydrogen (secondary N) is 1. The molecule has 0 spiro atoms. The van der Waals surface area contributed by atoms with Gasteiger partial charge in [0, 0.05) is 12.2 Å². The molecule has 1 fully saturated rings. The minimum absolute atomic E-state index is 0.142. The van der Waals surface area contributed by atoms with Gasteiger partial charge in [-0.15, -0.1) is 0 Å². The molecule has 1 aromatic heterocycles. The van der Waals surface area contributed by atoms with Crippen molar-refractivity contribution in [2.24, 2.45) is 0 Å². The Morgan fingerprint density at radius 1 is 1.12 bits per heavy atom. The molecular weight excluding hydrogens is 405 g/mol. The number of oxazole rings is 1. The van der Waals surface area contributed by atoms with Gasteiger partial charge in [-0.25, -0.2) is 14.2 Å². The molecule has 162 valence electrons. The molecule has 0 unspecified atom stereocenters. The van der Waals surface area contributed by atoms with Crippen LogP contribution in [0.5, 0.6) is 0 Å². The number of anilines is 1. The number of urea groups is 1. The van der Waals surface area contributed by atoms with Crippen LogP contribution in [0.15, 0.2) is 71.1 Å². The lowest BCUT2D eigenvalue weighted by Gasteiger charge is -2.23. The van der Waals surface area contributed by atoms with Gasteiger partial charge in [0.05, 0.1) is 0 Å². The highest BCUT2D eigenvalue weighted by Crippen LogP contribution is 2.35. The second-order valence-corrected chi connectivity index (χ2v) is 8.04. The first-order valence-corrected chi connectivity index (χ1v) is 10.9. The number of likely N-dealkylation sites (tertiary alicyclic amines) is 1. The van der Waals surface area contributed by atoms with Crippen molar-refractivity contribution < 1.29 is 13.6 Å². The molecule has 0 saturated carbocycles. The Balaban J connectivity index is 1.40. The standard InChI is InChI=1S/C26H24FN3O2/c1-2-17-7-3-4-10-21(17)29-26(31)30-14-6-11-23(30)25-28-22-16-19(12-13-24(22)32-25)18-8-5-9-20(27)15-18/h3-5,7-10,12-13,15-16,23H,2,6,11,14H2,1H3,(H,29,31)/t23-/m1/s1. The van der Waals surface area contributed by atoms with Gasteiger partial charge in [-0.2, -0.15) is 0 Å². The number of hydrogen-bond donors (Lipinski definition) is 1. The van der Waals surface area contributed by atoms with Crippen molar-refractivity contribution in [3.8, 4) is 11.1 Å². The number of hydrogen-bond acceptors (Lipinski definition) is 3. The highest BCUT2D eigenvalue weighted by atomic mass is 19.1. The fraction of sp³-hybridized carbons (Fsp3) is 0.231. The summed E-state index contributed by atoms with van der Waals surface area (Å²) in [7, 11) is 0. The minimum atomic E-state index is -0.277. The Morgan fingerprint density at radius 3 is 2.81 bits per heavy atom. The number of aromatic nitrogens is 1. The highest BCUT2D eigenvalue weighted by Gasteiger charge is 2.34. The van der Waals surface area contributed by atoms with Gasteiger partial charge in [0.15, 0.2) is 5.58 Å². The molecule has 4 aromatic rings. The molecule has 5 rings (SSSR count). The molecule has 2 heterocycles. The third-order valence-electron chi connectivity index (χ3n) is 6.00. The van der Waals surface area contributed by atoms with E-state index in [0.717, 1.165) is 41.6 Å². The quantitative estimate of drug-likeness (QED) is 0.399. The molecule has 32 heavy (non-hydrogen) atoms. The SMILES string of the molecule is CCc1ccccc1NC(=O)N1CCC[C@@H]1c1nc2cc(-c3cccc(F)c3)ccc2o1. The van der Waals surface area contributed by atoms with E-state index >= 15 is 0 Å². The molecule has 1 aliphatic heterocycles. The molecule has 0 aliphatic carbocycles. The van der Waals surface area contributed by atoms with Gasteiger partial charge < -0.3 is 14.6 Å². The topological polar surface area (TPSA) is 58.4 Å². The summed E-state index contributed by atoms with van der Waals surface area (Å²) in [6.45, 7) is 2.72. The van der Waals surface area contributed by atoms with E-state index in [1.54, 1.807) is 11.0 Å². The maximum absolute atomic E-state index is 13.6. The lowest BCUT2D eigenvalue weighted by molar-refractivity contribution is 0.199. The van der Waals surface area contributed by atoms with Crippen molar-refractivity contribution in [1.29, 1.82) is 0 Å². The van der Waals surface area contributed by atoms with E-state index in [0.29, 0.717) is 23.5 Å². The Kier molecular flexibility index (Phi) is 5.35. The minimum Gasteiger partial charge on any atom is -0.438 e. The predicted octanol–water partition coefficient (Wildman–Crippen LogP) is 6.57. The van der Waals surface area contributed by atoms with Crippen LogP contribution in [0, 0.1) is 5.82 Å². The molecule has 6 heteroatoms. The zero-order chi connectivity index (χ0) is 22.1.